The maximum atomic E-state index is 11.5. The van der Waals surface area contributed by atoms with Crippen LogP contribution in [0.25, 0.3) is 0 Å². The second-order valence-corrected chi connectivity index (χ2v) is 4.39. The van der Waals surface area contributed by atoms with Crippen molar-refractivity contribution in [3.05, 3.63) is 0 Å². The van der Waals surface area contributed by atoms with Crippen LogP contribution in [0.3, 0.4) is 0 Å². The van der Waals surface area contributed by atoms with Gasteiger partial charge in [0.2, 0.25) is 0 Å². The van der Waals surface area contributed by atoms with Crippen molar-refractivity contribution < 1.29 is 9.53 Å². The molecule has 0 unspecified atom stereocenters. The Bertz CT molecular complexity index is 199. The van der Waals surface area contributed by atoms with Gasteiger partial charge in [-0.2, -0.15) is 0 Å². The van der Waals surface area contributed by atoms with E-state index in [1.165, 1.54) is 0 Å². The molecule has 1 aliphatic heterocycles. The first-order valence-electron chi connectivity index (χ1n) is 4.56. The third kappa shape index (κ3) is 3.35. The third-order valence-corrected chi connectivity index (χ3v) is 2.29. The lowest BCUT2D eigenvalue weighted by Crippen LogP contribution is -2.52. The van der Waals surface area contributed by atoms with Gasteiger partial charge in [-0.05, 0) is 20.8 Å². The van der Waals surface area contributed by atoms with Crippen molar-refractivity contribution in [3.63, 3.8) is 0 Å². The Balaban J connectivity index is 0.00000169. The largest absolute Gasteiger partial charge is 0.443 e. The third-order valence-electron chi connectivity index (χ3n) is 2.29. The van der Waals surface area contributed by atoms with Gasteiger partial charge in [0, 0.05) is 25.7 Å². The minimum atomic E-state index is -0.237. The Kier molecular flexibility index (Phi) is 4.68. The predicted octanol–water partition coefficient (Wildman–Crippen LogP) is 1.25. The van der Waals surface area contributed by atoms with E-state index in [9.17, 15) is 4.79 Å². The molecule has 1 N–H and O–H groups in total. The van der Waals surface area contributed by atoms with Crippen molar-refractivity contribution in [1.29, 1.82) is 0 Å². The fourth-order valence-corrected chi connectivity index (χ4v) is 0.841. The van der Waals surface area contributed by atoms with Crippen LogP contribution in [-0.4, -0.2) is 42.8 Å². The van der Waals surface area contributed by atoms with Crippen LogP contribution in [0.5, 0.6) is 0 Å². The lowest BCUT2D eigenvalue weighted by atomic mass is 10.1. The van der Waals surface area contributed by atoms with Crippen LogP contribution >= 0.6 is 12.4 Å². The number of carbonyl (C=O) groups is 1. The Morgan fingerprint density at radius 2 is 1.93 bits per heavy atom. The lowest BCUT2D eigenvalue weighted by Gasteiger charge is -2.34. The number of hydrogen-bond acceptors (Lipinski definition) is 3. The standard InChI is InChI=1S/C9H18N2O2.ClH/c1-9(2,3)11(4)8(12)13-7-5-10-6-7;/h7,10H,5-6H2,1-4H3;1H. The molecule has 1 aliphatic rings. The van der Waals surface area contributed by atoms with Crippen LogP contribution < -0.4 is 5.32 Å². The van der Waals surface area contributed by atoms with Gasteiger partial charge in [-0.15, -0.1) is 12.4 Å². The lowest BCUT2D eigenvalue weighted by molar-refractivity contribution is 0.0272. The maximum absolute atomic E-state index is 11.5. The Morgan fingerprint density at radius 3 is 2.21 bits per heavy atom. The fourth-order valence-electron chi connectivity index (χ4n) is 0.841. The summed E-state index contributed by atoms with van der Waals surface area (Å²) in [5.74, 6) is 0. The van der Waals surface area contributed by atoms with Gasteiger partial charge in [-0.25, -0.2) is 4.79 Å². The first-order chi connectivity index (χ1) is 5.91. The van der Waals surface area contributed by atoms with E-state index >= 15 is 0 Å². The number of carbonyl (C=O) groups excluding carboxylic acids is 1. The summed E-state index contributed by atoms with van der Waals surface area (Å²) in [5.41, 5.74) is -0.172. The second-order valence-electron chi connectivity index (χ2n) is 4.39. The van der Waals surface area contributed by atoms with Gasteiger partial charge in [0.15, 0.2) is 0 Å². The summed E-state index contributed by atoms with van der Waals surface area (Å²) in [4.78, 5) is 13.1. The van der Waals surface area contributed by atoms with E-state index in [1.807, 2.05) is 20.8 Å². The van der Waals surface area contributed by atoms with Gasteiger partial charge >= 0.3 is 6.09 Å². The van der Waals surface area contributed by atoms with Gasteiger partial charge in [-0.3, -0.25) is 0 Å². The van der Waals surface area contributed by atoms with Crippen molar-refractivity contribution in [2.45, 2.75) is 32.4 Å². The maximum Gasteiger partial charge on any atom is 0.410 e. The van der Waals surface area contributed by atoms with Crippen molar-refractivity contribution in [2.24, 2.45) is 0 Å². The molecule has 4 nitrogen and oxygen atoms in total. The summed E-state index contributed by atoms with van der Waals surface area (Å²) in [5, 5.41) is 3.05. The minimum absolute atomic E-state index is 0. The van der Waals surface area contributed by atoms with Gasteiger partial charge < -0.3 is 15.0 Å². The number of hydrogen-bond donors (Lipinski definition) is 1. The second kappa shape index (κ2) is 4.84. The summed E-state index contributed by atoms with van der Waals surface area (Å²) >= 11 is 0. The van der Waals surface area contributed by atoms with Gasteiger partial charge in [0.05, 0.1) is 0 Å². The highest BCUT2D eigenvalue weighted by Gasteiger charge is 2.28. The van der Waals surface area contributed by atoms with E-state index in [1.54, 1.807) is 11.9 Å². The number of rotatable bonds is 1. The van der Waals surface area contributed by atoms with E-state index in [0.29, 0.717) is 0 Å². The first-order valence-corrected chi connectivity index (χ1v) is 4.56. The summed E-state index contributed by atoms with van der Waals surface area (Å²) in [6.07, 6.45) is -0.170. The predicted molar refractivity (Wildman–Crippen MR) is 57.9 cm³/mol. The van der Waals surface area contributed by atoms with Crippen molar-refractivity contribution in [2.75, 3.05) is 20.1 Å². The van der Waals surface area contributed by atoms with Crippen LogP contribution in [-0.2, 0) is 4.74 Å². The molecular weight excluding hydrogens is 204 g/mol. The van der Waals surface area contributed by atoms with Gasteiger partial charge in [0.1, 0.15) is 6.10 Å². The average Bonchev–Trinajstić information content (AvgIpc) is 1.93. The molecule has 0 radical (unpaired) electrons. The van der Waals surface area contributed by atoms with Crippen molar-refractivity contribution in [1.82, 2.24) is 10.2 Å². The molecule has 0 aromatic heterocycles. The van der Waals surface area contributed by atoms with E-state index in [0.717, 1.165) is 13.1 Å². The molecular formula is C9H19ClN2O2. The molecule has 0 spiro atoms. The molecule has 0 bridgehead atoms. The summed E-state index contributed by atoms with van der Waals surface area (Å²) in [6, 6.07) is 0. The topological polar surface area (TPSA) is 41.6 Å². The molecule has 0 aromatic carbocycles. The highest BCUT2D eigenvalue weighted by atomic mass is 35.5. The summed E-state index contributed by atoms with van der Waals surface area (Å²) < 4.78 is 5.20. The monoisotopic (exact) mass is 222 g/mol. The molecule has 1 saturated heterocycles. The normalized spacial score (nSPS) is 16.6. The molecule has 0 aromatic rings. The SMILES string of the molecule is CN(C(=O)OC1CNC1)C(C)(C)C.Cl. The smallest absolute Gasteiger partial charge is 0.410 e. The molecule has 0 aliphatic carbocycles. The Hall–Kier alpha value is -0.480. The van der Waals surface area contributed by atoms with Crippen LogP contribution in [0.15, 0.2) is 0 Å². The molecule has 0 atom stereocenters. The zero-order valence-corrected chi connectivity index (χ0v) is 9.98. The fraction of sp³-hybridized carbons (Fsp3) is 0.889. The van der Waals surface area contributed by atoms with E-state index in [2.05, 4.69) is 5.32 Å². The number of nitrogens with one attached hydrogen (secondary N) is 1. The summed E-state index contributed by atoms with van der Waals surface area (Å²) in [6.45, 7) is 7.50. The zero-order chi connectivity index (χ0) is 10.1. The highest BCUT2D eigenvalue weighted by molar-refractivity contribution is 5.85. The van der Waals surface area contributed by atoms with Crippen molar-refractivity contribution >= 4 is 18.5 Å². The number of amides is 1. The van der Waals surface area contributed by atoms with Crippen LogP contribution in [0.2, 0.25) is 0 Å². The summed E-state index contributed by atoms with van der Waals surface area (Å²) in [7, 11) is 1.76. The quantitative estimate of drug-likeness (QED) is 0.726. The van der Waals surface area contributed by atoms with Gasteiger partial charge in [0.25, 0.3) is 0 Å². The molecule has 1 rings (SSSR count). The van der Waals surface area contributed by atoms with Crippen molar-refractivity contribution in [3.8, 4) is 0 Å². The molecule has 84 valence electrons. The van der Waals surface area contributed by atoms with Crippen LogP contribution in [0.1, 0.15) is 20.8 Å². The first kappa shape index (κ1) is 13.5. The Morgan fingerprint density at radius 1 is 1.43 bits per heavy atom. The zero-order valence-electron chi connectivity index (χ0n) is 9.16. The molecule has 1 fully saturated rings. The van der Waals surface area contributed by atoms with Crippen LogP contribution in [0.4, 0.5) is 4.79 Å². The molecule has 1 heterocycles. The van der Waals surface area contributed by atoms with E-state index in [-0.39, 0.29) is 30.1 Å². The van der Waals surface area contributed by atoms with E-state index in [4.69, 9.17) is 4.74 Å². The number of halogens is 1. The van der Waals surface area contributed by atoms with E-state index < -0.39 is 0 Å². The molecule has 5 heteroatoms. The van der Waals surface area contributed by atoms with Gasteiger partial charge in [-0.1, -0.05) is 0 Å². The molecule has 1 amide bonds. The van der Waals surface area contributed by atoms with Crippen LogP contribution in [0, 0.1) is 0 Å². The molecule has 14 heavy (non-hydrogen) atoms. The number of ether oxygens (including phenoxy) is 1. The Labute approximate surface area is 91.4 Å². The number of nitrogens with zero attached hydrogens (tertiary/aromatic N) is 1. The molecule has 0 saturated carbocycles. The average molecular weight is 223 g/mol. The highest BCUT2D eigenvalue weighted by Crippen LogP contribution is 2.13. The minimum Gasteiger partial charge on any atom is -0.443 e.